The van der Waals surface area contributed by atoms with Crippen molar-refractivity contribution in [1.82, 2.24) is 15.1 Å². The van der Waals surface area contributed by atoms with Crippen LogP contribution >= 0.6 is 0 Å². The topological polar surface area (TPSA) is 38.7 Å². The summed E-state index contributed by atoms with van der Waals surface area (Å²) in [4.78, 5) is 4.85. The molecule has 4 heteroatoms. The van der Waals surface area contributed by atoms with Crippen molar-refractivity contribution in [3.05, 3.63) is 35.9 Å². The molecule has 1 aliphatic rings. The molecule has 0 aliphatic carbocycles. The lowest BCUT2D eigenvalue weighted by Crippen LogP contribution is -2.50. The van der Waals surface area contributed by atoms with Crippen molar-refractivity contribution in [3.8, 4) is 0 Å². The van der Waals surface area contributed by atoms with Crippen LogP contribution in [0.3, 0.4) is 0 Å². The van der Waals surface area contributed by atoms with E-state index in [2.05, 4.69) is 67.2 Å². The zero-order chi connectivity index (χ0) is 16.2. The van der Waals surface area contributed by atoms with Crippen molar-refractivity contribution < 1.29 is 5.11 Å². The fourth-order valence-electron chi connectivity index (χ4n) is 2.67. The molecule has 2 N–H and O–H groups in total. The van der Waals surface area contributed by atoms with E-state index in [1.165, 1.54) is 5.56 Å². The molecule has 1 aromatic carbocycles. The zero-order valence-corrected chi connectivity index (χ0v) is 14.4. The van der Waals surface area contributed by atoms with Crippen LogP contribution in [0.4, 0.5) is 0 Å². The molecule has 0 aromatic heterocycles. The van der Waals surface area contributed by atoms with Crippen LogP contribution in [0, 0.1) is 5.41 Å². The van der Waals surface area contributed by atoms with Crippen LogP contribution < -0.4 is 5.32 Å². The number of piperazine rings is 1. The largest absolute Gasteiger partial charge is 0.378 e. The van der Waals surface area contributed by atoms with Crippen molar-refractivity contribution >= 4 is 0 Å². The SMILES string of the molecule is CN1CCN(C[C@H](NC(O)C(C)(C)C)c2ccccc2)CC1. The molecule has 1 fully saturated rings. The number of rotatable bonds is 5. The highest BCUT2D eigenvalue weighted by atomic mass is 16.3. The van der Waals surface area contributed by atoms with Gasteiger partial charge in [-0.25, -0.2) is 0 Å². The number of benzene rings is 1. The average Bonchev–Trinajstić information content (AvgIpc) is 2.48. The van der Waals surface area contributed by atoms with E-state index in [1.54, 1.807) is 0 Å². The lowest BCUT2D eigenvalue weighted by atomic mass is 9.93. The summed E-state index contributed by atoms with van der Waals surface area (Å²) in [5, 5.41) is 13.9. The average molecular weight is 305 g/mol. The van der Waals surface area contributed by atoms with Gasteiger partial charge in [0.1, 0.15) is 6.23 Å². The molecule has 1 aliphatic heterocycles. The van der Waals surface area contributed by atoms with Crippen LogP contribution in [0.15, 0.2) is 30.3 Å². The van der Waals surface area contributed by atoms with Crippen molar-refractivity contribution in [2.45, 2.75) is 33.0 Å². The van der Waals surface area contributed by atoms with E-state index < -0.39 is 6.23 Å². The molecule has 1 heterocycles. The summed E-state index contributed by atoms with van der Waals surface area (Å²) < 4.78 is 0. The Hall–Kier alpha value is -0.940. The Morgan fingerprint density at radius 2 is 1.68 bits per heavy atom. The molecular weight excluding hydrogens is 274 g/mol. The van der Waals surface area contributed by atoms with E-state index in [-0.39, 0.29) is 11.5 Å². The zero-order valence-electron chi connectivity index (χ0n) is 14.4. The van der Waals surface area contributed by atoms with Crippen molar-refractivity contribution in [2.24, 2.45) is 5.41 Å². The first-order valence-electron chi connectivity index (χ1n) is 8.26. The summed E-state index contributed by atoms with van der Waals surface area (Å²) in [6.45, 7) is 11.5. The molecule has 22 heavy (non-hydrogen) atoms. The Morgan fingerprint density at radius 1 is 1.09 bits per heavy atom. The van der Waals surface area contributed by atoms with Crippen LogP contribution in [0.25, 0.3) is 0 Å². The molecule has 0 radical (unpaired) electrons. The highest BCUT2D eigenvalue weighted by Gasteiger charge is 2.27. The molecular formula is C18H31N3O. The Morgan fingerprint density at radius 3 is 2.23 bits per heavy atom. The van der Waals surface area contributed by atoms with Gasteiger partial charge >= 0.3 is 0 Å². The number of likely N-dealkylation sites (N-methyl/N-ethyl adjacent to an activating group) is 1. The summed E-state index contributed by atoms with van der Waals surface area (Å²) in [5.41, 5.74) is 1.07. The van der Waals surface area contributed by atoms with Gasteiger partial charge in [0.15, 0.2) is 0 Å². The Kier molecular flexibility index (Phi) is 5.98. The molecule has 0 bridgehead atoms. The van der Waals surface area contributed by atoms with Gasteiger partial charge in [-0.05, 0) is 12.6 Å². The molecule has 4 nitrogen and oxygen atoms in total. The maximum absolute atomic E-state index is 10.5. The van der Waals surface area contributed by atoms with Gasteiger partial charge in [-0.15, -0.1) is 0 Å². The van der Waals surface area contributed by atoms with Crippen LogP contribution in [0.1, 0.15) is 32.4 Å². The first-order valence-corrected chi connectivity index (χ1v) is 8.26. The van der Waals surface area contributed by atoms with E-state index in [0.717, 1.165) is 32.7 Å². The van der Waals surface area contributed by atoms with Crippen LogP contribution in [-0.2, 0) is 0 Å². The molecule has 1 unspecified atom stereocenters. The minimum absolute atomic E-state index is 0.152. The molecule has 0 spiro atoms. The van der Waals surface area contributed by atoms with Crippen LogP contribution in [-0.4, -0.2) is 60.9 Å². The molecule has 2 rings (SSSR count). The smallest absolute Gasteiger partial charge is 0.110 e. The minimum atomic E-state index is -0.523. The van der Waals surface area contributed by atoms with E-state index in [1.807, 2.05) is 6.07 Å². The van der Waals surface area contributed by atoms with E-state index in [4.69, 9.17) is 0 Å². The summed E-state index contributed by atoms with van der Waals surface area (Å²) >= 11 is 0. The highest BCUT2D eigenvalue weighted by Crippen LogP contribution is 2.22. The predicted octanol–water partition coefficient (Wildman–Crippen LogP) is 1.93. The summed E-state index contributed by atoms with van der Waals surface area (Å²) in [5.74, 6) is 0. The minimum Gasteiger partial charge on any atom is -0.378 e. The van der Waals surface area contributed by atoms with Gasteiger partial charge in [-0.2, -0.15) is 0 Å². The fourth-order valence-corrected chi connectivity index (χ4v) is 2.67. The number of hydrogen-bond donors (Lipinski definition) is 2. The monoisotopic (exact) mass is 305 g/mol. The predicted molar refractivity (Wildman–Crippen MR) is 91.7 cm³/mol. The van der Waals surface area contributed by atoms with Gasteiger partial charge in [0, 0.05) is 44.2 Å². The molecule has 1 aromatic rings. The third-order valence-corrected chi connectivity index (χ3v) is 4.42. The number of aliphatic hydroxyl groups excluding tert-OH is 1. The van der Waals surface area contributed by atoms with Gasteiger partial charge < -0.3 is 10.0 Å². The summed E-state index contributed by atoms with van der Waals surface area (Å²) in [6.07, 6.45) is -0.523. The molecule has 0 saturated carbocycles. The van der Waals surface area contributed by atoms with Gasteiger partial charge in [-0.1, -0.05) is 51.1 Å². The fraction of sp³-hybridized carbons (Fsp3) is 0.667. The van der Waals surface area contributed by atoms with Crippen LogP contribution in [0.5, 0.6) is 0 Å². The third kappa shape index (κ3) is 5.06. The number of hydrogen-bond acceptors (Lipinski definition) is 4. The van der Waals surface area contributed by atoms with Crippen molar-refractivity contribution in [2.75, 3.05) is 39.8 Å². The normalized spacial score (nSPS) is 20.8. The molecule has 2 atom stereocenters. The van der Waals surface area contributed by atoms with Crippen LogP contribution in [0.2, 0.25) is 0 Å². The first-order chi connectivity index (χ1) is 10.4. The van der Waals surface area contributed by atoms with E-state index >= 15 is 0 Å². The Balaban J connectivity index is 2.05. The Bertz CT molecular complexity index is 435. The molecule has 0 amide bonds. The lowest BCUT2D eigenvalue weighted by Gasteiger charge is -2.37. The summed E-state index contributed by atoms with van der Waals surface area (Å²) in [7, 11) is 2.17. The Labute approximate surface area is 135 Å². The van der Waals surface area contributed by atoms with Crippen molar-refractivity contribution in [1.29, 1.82) is 0 Å². The number of nitrogens with one attached hydrogen (secondary N) is 1. The van der Waals surface area contributed by atoms with E-state index in [9.17, 15) is 5.11 Å². The van der Waals surface area contributed by atoms with Gasteiger partial charge in [-0.3, -0.25) is 10.2 Å². The van der Waals surface area contributed by atoms with Gasteiger partial charge in [0.25, 0.3) is 0 Å². The maximum atomic E-state index is 10.5. The second kappa shape index (κ2) is 7.55. The van der Waals surface area contributed by atoms with Gasteiger partial charge in [0.05, 0.1) is 0 Å². The first kappa shape index (κ1) is 17.4. The van der Waals surface area contributed by atoms with Gasteiger partial charge in [0.2, 0.25) is 0 Å². The lowest BCUT2D eigenvalue weighted by molar-refractivity contribution is 0.0160. The number of nitrogens with zero attached hydrogens (tertiary/aromatic N) is 2. The second-order valence-electron chi connectivity index (χ2n) is 7.50. The highest BCUT2D eigenvalue weighted by molar-refractivity contribution is 5.19. The third-order valence-electron chi connectivity index (χ3n) is 4.42. The molecule has 1 saturated heterocycles. The molecule has 124 valence electrons. The standard InChI is InChI=1S/C18H31N3O/c1-18(2,3)17(22)19-16(15-8-6-5-7-9-15)14-21-12-10-20(4)11-13-21/h5-9,16-17,19,22H,10-14H2,1-4H3/t16-,17?/m0/s1. The number of aliphatic hydroxyl groups is 1. The maximum Gasteiger partial charge on any atom is 0.110 e. The quantitative estimate of drug-likeness (QED) is 0.816. The summed E-state index contributed by atoms with van der Waals surface area (Å²) in [6, 6.07) is 10.6. The van der Waals surface area contributed by atoms with E-state index in [0.29, 0.717) is 0 Å². The van der Waals surface area contributed by atoms with Crippen molar-refractivity contribution in [3.63, 3.8) is 0 Å². The second-order valence-corrected chi connectivity index (χ2v) is 7.50.